The lowest BCUT2D eigenvalue weighted by Gasteiger charge is -2.22. The van der Waals surface area contributed by atoms with Gasteiger partial charge in [-0.2, -0.15) is 0 Å². The third-order valence-electron chi connectivity index (χ3n) is 4.56. The number of carbonyl (C=O) groups excluding carboxylic acids is 1. The number of anilines is 1. The van der Waals surface area contributed by atoms with E-state index in [2.05, 4.69) is 5.32 Å². The van der Waals surface area contributed by atoms with Crippen LogP contribution in [0.15, 0.2) is 24.3 Å². The zero-order chi connectivity index (χ0) is 13.9. The molecule has 0 radical (unpaired) electrons. The van der Waals surface area contributed by atoms with E-state index in [0.717, 1.165) is 17.6 Å². The van der Waals surface area contributed by atoms with Gasteiger partial charge in [-0.05, 0) is 55.4 Å². The van der Waals surface area contributed by atoms with Crippen molar-refractivity contribution in [1.82, 2.24) is 5.32 Å². The molecule has 4 nitrogen and oxygen atoms in total. The van der Waals surface area contributed by atoms with E-state index in [1.807, 2.05) is 12.1 Å². The summed E-state index contributed by atoms with van der Waals surface area (Å²) in [6, 6.07) is 7.65. The molecule has 3 N–H and O–H groups in total. The number of nitrogen functional groups attached to an aromatic ring is 1. The molecule has 108 valence electrons. The van der Waals surface area contributed by atoms with Crippen LogP contribution in [-0.2, 0) is 4.79 Å². The second-order valence-corrected chi connectivity index (χ2v) is 6.02. The van der Waals surface area contributed by atoms with Gasteiger partial charge < -0.3 is 15.8 Å². The molecule has 2 aliphatic carbocycles. The molecule has 0 heterocycles. The van der Waals surface area contributed by atoms with Gasteiger partial charge in [0.05, 0.1) is 13.0 Å². The number of nitrogens with two attached hydrogens (primary N) is 1. The molecule has 3 unspecified atom stereocenters. The molecule has 1 aromatic rings. The van der Waals surface area contributed by atoms with Gasteiger partial charge in [0.2, 0.25) is 5.91 Å². The summed E-state index contributed by atoms with van der Waals surface area (Å²) < 4.78 is 5.54. The summed E-state index contributed by atoms with van der Waals surface area (Å²) in [5.41, 5.74) is 6.32. The van der Waals surface area contributed by atoms with Gasteiger partial charge in [0.25, 0.3) is 0 Å². The molecule has 2 aliphatic rings. The highest BCUT2D eigenvalue weighted by molar-refractivity contribution is 5.76. The van der Waals surface area contributed by atoms with E-state index < -0.39 is 0 Å². The van der Waals surface area contributed by atoms with E-state index in [4.69, 9.17) is 10.5 Å². The molecule has 2 fully saturated rings. The molecule has 0 spiro atoms. The number of nitrogens with one attached hydrogen (secondary N) is 1. The van der Waals surface area contributed by atoms with Gasteiger partial charge in [0.1, 0.15) is 5.75 Å². The maximum absolute atomic E-state index is 11.9. The predicted molar refractivity (Wildman–Crippen MR) is 78.3 cm³/mol. The molecule has 20 heavy (non-hydrogen) atoms. The van der Waals surface area contributed by atoms with E-state index in [9.17, 15) is 4.79 Å². The third-order valence-corrected chi connectivity index (χ3v) is 4.56. The zero-order valence-electron chi connectivity index (χ0n) is 11.7. The monoisotopic (exact) mass is 274 g/mol. The lowest BCUT2D eigenvalue weighted by atomic mass is 9.95. The second-order valence-electron chi connectivity index (χ2n) is 6.02. The van der Waals surface area contributed by atoms with Crippen LogP contribution in [0, 0.1) is 11.8 Å². The molecule has 4 heteroatoms. The Morgan fingerprint density at radius 3 is 2.70 bits per heavy atom. The van der Waals surface area contributed by atoms with Crippen molar-refractivity contribution in [2.45, 2.75) is 38.1 Å². The van der Waals surface area contributed by atoms with Crippen molar-refractivity contribution >= 4 is 11.6 Å². The molecule has 0 saturated heterocycles. The number of fused-ring (bicyclic) bond motifs is 2. The molecule has 2 saturated carbocycles. The number of ether oxygens (including phenoxy) is 1. The van der Waals surface area contributed by atoms with Gasteiger partial charge in [-0.15, -0.1) is 0 Å². The largest absolute Gasteiger partial charge is 0.493 e. The molecule has 1 aromatic carbocycles. The minimum Gasteiger partial charge on any atom is -0.493 e. The Bertz CT molecular complexity index is 472. The first-order chi connectivity index (χ1) is 9.70. The van der Waals surface area contributed by atoms with Crippen LogP contribution in [0.1, 0.15) is 32.1 Å². The van der Waals surface area contributed by atoms with E-state index in [1.165, 1.54) is 25.7 Å². The van der Waals surface area contributed by atoms with E-state index in [-0.39, 0.29) is 5.91 Å². The Balaban J connectivity index is 1.38. The Labute approximate surface area is 119 Å². The van der Waals surface area contributed by atoms with Crippen molar-refractivity contribution in [3.63, 3.8) is 0 Å². The van der Waals surface area contributed by atoms with Crippen LogP contribution in [0.2, 0.25) is 0 Å². The molecule has 0 aliphatic heterocycles. The fraction of sp³-hybridized carbons (Fsp3) is 0.562. The van der Waals surface area contributed by atoms with Crippen molar-refractivity contribution in [1.29, 1.82) is 0 Å². The number of carbonyl (C=O) groups is 1. The fourth-order valence-corrected chi connectivity index (χ4v) is 3.53. The predicted octanol–water partition coefficient (Wildman–Crippen LogP) is 2.34. The highest BCUT2D eigenvalue weighted by Gasteiger charge is 2.39. The van der Waals surface area contributed by atoms with E-state index in [0.29, 0.717) is 24.8 Å². The van der Waals surface area contributed by atoms with Crippen LogP contribution in [0.4, 0.5) is 5.69 Å². The molecule has 2 bridgehead atoms. The van der Waals surface area contributed by atoms with Crippen molar-refractivity contribution in [2.75, 3.05) is 12.3 Å². The first kappa shape index (κ1) is 13.3. The zero-order valence-corrected chi connectivity index (χ0v) is 11.7. The highest BCUT2D eigenvalue weighted by atomic mass is 16.5. The number of hydrogen-bond donors (Lipinski definition) is 2. The number of amides is 1. The van der Waals surface area contributed by atoms with Crippen molar-refractivity contribution in [3.05, 3.63) is 24.3 Å². The van der Waals surface area contributed by atoms with Gasteiger partial charge in [-0.25, -0.2) is 0 Å². The smallest absolute Gasteiger partial charge is 0.223 e. The fourth-order valence-electron chi connectivity index (χ4n) is 3.53. The summed E-state index contributed by atoms with van der Waals surface area (Å²) in [4.78, 5) is 11.9. The van der Waals surface area contributed by atoms with Crippen LogP contribution in [-0.4, -0.2) is 18.6 Å². The standard InChI is InChI=1S/C16H22N2O2/c17-13-3-5-14(6-4-13)20-8-7-16(19)18-15-10-11-1-2-12(15)9-11/h3-6,11-12,15H,1-2,7-10,17H2,(H,18,19). The average molecular weight is 274 g/mol. The number of benzene rings is 1. The maximum Gasteiger partial charge on any atom is 0.223 e. The average Bonchev–Trinajstić information content (AvgIpc) is 3.03. The SMILES string of the molecule is Nc1ccc(OCCC(=O)NC2CC3CCC2C3)cc1. The minimum atomic E-state index is 0.109. The Morgan fingerprint density at radius 1 is 1.25 bits per heavy atom. The summed E-state index contributed by atoms with van der Waals surface area (Å²) in [7, 11) is 0. The highest BCUT2D eigenvalue weighted by Crippen LogP contribution is 2.44. The van der Waals surface area contributed by atoms with Crippen molar-refractivity contribution in [2.24, 2.45) is 11.8 Å². The van der Waals surface area contributed by atoms with Crippen LogP contribution < -0.4 is 15.8 Å². The normalized spacial score (nSPS) is 27.5. The van der Waals surface area contributed by atoms with Gasteiger partial charge in [0, 0.05) is 11.7 Å². The van der Waals surface area contributed by atoms with Crippen LogP contribution in [0.3, 0.4) is 0 Å². The lowest BCUT2D eigenvalue weighted by molar-refractivity contribution is -0.122. The topological polar surface area (TPSA) is 64.3 Å². The summed E-state index contributed by atoms with van der Waals surface area (Å²) in [6.07, 6.45) is 5.55. The lowest BCUT2D eigenvalue weighted by Crippen LogP contribution is -2.38. The van der Waals surface area contributed by atoms with Gasteiger partial charge in [-0.3, -0.25) is 4.79 Å². The van der Waals surface area contributed by atoms with Crippen molar-refractivity contribution < 1.29 is 9.53 Å². The Morgan fingerprint density at radius 2 is 2.05 bits per heavy atom. The minimum absolute atomic E-state index is 0.109. The first-order valence-electron chi connectivity index (χ1n) is 7.48. The van der Waals surface area contributed by atoms with Crippen LogP contribution in [0.5, 0.6) is 5.75 Å². The molecular formula is C16H22N2O2. The quantitative estimate of drug-likeness (QED) is 0.810. The summed E-state index contributed by atoms with van der Waals surface area (Å²) in [5, 5.41) is 3.17. The van der Waals surface area contributed by atoms with Gasteiger partial charge >= 0.3 is 0 Å². The van der Waals surface area contributed by atoms with Gasteiger partial charge in [0.15, 0.2) is 0 Å². The maximum atomic E-state index is 11.9. The summed E-state index contributed by atoms with van der Waals surface area (Å²) >= 11 is 0. The molecule has 3 atom stereocenters. The molecule has 3 rings (SSSR count). The van der Waals surface area contributed by atoms with Crippen LogP contribution >= 0.6 is 0 Å². The van der Waals surface area contributed by atoms with E-state index in [1.54, 1.807) is 12.1 Å². The molecule has 1 amide bonds. The summed E-state index contributed by atoms with van der Waals surface area (Å²) in [5.74, 6) is 2.45. The Kier molecular flexibility index (Phi) is 3.81. The second kappa shape index (κ2) is 5.73. The molecular weight excluding hydrogens is 252 g/mol. The van der Waals surface area contributed by atoms with Crippen LogP contribution in [0.25, 0.3) is 0 Å². The van der Waals surface area contributed by atoms with Gasteiger partial charge in [-0.1, -0.05) is 6.42 Å². The van der Waals surface area contributed by atoms with E-state index >= 15 is 0 Å². The van der Waals surface area contributed by atoms with Crippen molar-refractivity contribution in [3.8, 4) is 5.75 Å². The third kappa shape index (κ3) is 3.06. The number of hydrogen-bond acceptors (Lipinski definition) is 3. The first-order valence-corrected chi connectivity index (χ1v) is 7.48. The summed E-state index contributed by atoms with van der Waals surface area (Å²) in [6.45, 7) is 0.413. The molecule has 0 aromatic heterocycles. The number of rotatable bonds is 5. The Hall–Kier alpha value is -1.71.